The molecule has 6 nitrogen and oxygen atoms in total. The van der Waals surface area contributed by atoms with Gasteiger partial charge in [0.2, 0.25) is 0 Å². The summed E-state index contributed by atoms with van der Waals surface area (Å²) in [6.45, 7) is 6.26. The van der Waals surface area contributed by atoms with Crippen LogP contribution < -0.4 is 5.32 Å². The fourth-order valence-corrected chi connectivity index (χ4v) is 4.80. The average molecular weight is 473 g/mol. The molecule has 0 aromatic rings. The molecule has 142 valence electrons. The zero-order valence-corrected chi connectivity index (χ0v) is 18.4. The first-order valence-corrected chi connectivity index (χ1v) is 10.1. The summed E-state index contributed by atoms with van der Waals surface area (Å²) in [6, 6.07) is 0. The van der Waals surface area contributed by atoms with Gasteiger partial charge in [0.1, 0.15) is 0 Å². The van der Waals surface area contributed by atoms with Gasteiger partial charge in [-0.25, -0.2) is 8.42 Å². The van der Waals surface area contributed by atoms with Crippen molar-refractivity contribution >= 4 is 39.8 Å². The minimum Gasteiger partial charge on any atom is -0.385 e. The summed E-state index contributed by atoms with van der Waals surface area (Å²) in [7, 11) is 0.484. The molecule has 1 N–H and O–H groups in total. The number of rotatable bonds is 5. The highest BCUT2D eigenvalue weighted by Crippen LogP contribution is 2.43. The minimum absolute atomic E-state index is 0. The van der Waals surface area contributed by atoms with Gasteiger partial charge in [-0.15, -0.1) is 24.0 Å². The maximum Gasteiger partial charge on any atom is 0.193 e. The van der Waals surface area contributed by atoms with Gasteiger partial charge in [-0.05, 0) is 38.5 Å². The molecule has 1 aliphatic carbocycles. The predicted molar refractivity (Wildman–Crippen MR) is 109 cm³/mol. The Morgan fingerprint density at radius 3 is 2.46 bits per heavy atom. The van der Waals surface area contributed by atoms with E-state index < -0.39 is 14.6 Å². The largest absolute Gasteiger partial charge is 0.385 e. The van der Waals surface area contributed by atoms with E-state index in [1.165, 1.54) is 19.3 Å². The third-order valence-electron chi connectivity index (χ3n) is 5.43. The Bertz CT molecular complexity index is 545. The standard InChI is InChI=1S/C16H31N3O3S.HI/c1-15(2)13-19(9-11-23(15,20)21)14(17-3)18-12-16(6-5-7-16)8-10-22-4;/h5-13H2,1-4H3,(H,17,18);1H. The molecular weight excluding hydrogens is 441 g/mol. The number of nitrogens with zero attached hydrogens (tertiary/aromatic N) is 2. The maximum atomic E-state index is 12.1. The van der Waals surface area contributed by atoms with Crippen LogP contribution in [-0.2, 0) is 14.6 Å². The van der Waals surface area contributed by atoms with Crippen molar-refractivity contribution in [3.63, 3.8) is 0 Å². The van der Waals surface area contributed by atoms with Crippen molar-refractivity contribution in [2.75, 3.05) is 46.2 Å². The van der Waals surface area contributed by atoms with Crippen LogP contribution in [0.4, 0.5) is 0 Å². The van der Waals surface area contributed by atoms with Gasteiger partial charge >= 0.3 is 0 Å². The van der Waals surface area contributed by atoms with Gasteiger partial charge in [0.05, 0.1) is 10.5 Å². The number of ether oxygens (including phenoxy) is 1. The zero-order valence-electron chi connectivity index (χ0n) is 15.3. The number of guanidine groups is 1. The van der Waals surface area contributed by atoms with E-state index in [9.17, 15) is 8.42 Å². The zero-order chi connectivity index (χ0) is 17.1. The number of aliphatic imine (C=N–C) groups is 1. The summed E-state index contributed by atoms with van der Waals surface area (Å²) >= 11 is 0. The molecule has 0 aromatic heterocycles. The smallest absolute Gasteiger partial charge is 0.193 e. The second kappa shape index (κ2) is 8.53. The molecule has 0 radical (unpaired) electrons. The summed E-state index contributed by atoms with van der Waals surface area (Å²) in [5.74, 6) is 1.01. The second-order valence-corrected chi connectivity index (χ2v) is 10.2. The number of hydrogen-bond donors (Lipinski definition) is 1. The first kappa shape index (κ1) is 22.0. The lowest BCUT2D eigenvalue weighted by atomic mass is 9.67. The summed E-state index contributed by atoms with van der Waals surface area (Å²) in [4.78, 5) is 6.45. The lowest BCUT2D eigenvalue weighted by Gasteiger charge is -2.44. The molecule has 0 spiro atoms. The molecule has 1 aliphatic heterocycles. The molecule has 1 saturated heterocycles. The first-order valence-electron chi connectivity index (χ1n) is 8.42. The highest BCUT2D eigenvalue weighted by molar-refractivity contribution is 14.0. The van der Waals surface area contributed by atoms with Gasteiger partial charge in [-0.3, -0.25) is 4.99 Å². The number of hydrogen-bond acceptors (Lipinski definition) is 4. The Kier molecular flexibility index (Phi) is 7.80. The molecule has 2 rings (SSSR count). The van der Waals surface area contributed by atoms with Crippen LogP contribution in [-0.4, -0.2) is 70.2 Å². The fraction of sp³-hybridized carbons (Fsp3) is 0.938. The lowest BCUT2D eigenvalue weighted by molar-refractivity contribution is 0.0726. The van der Waals surface area contributed by atoms with Crippen LogP contribution in [0.3, 0.4) is 0 Å². The van der Waals surface area contributed by atoms with Crippen LogP contribution in [0, 0.1) is 5.41 Å². The van der Waals surface area contributed by atoms with Crippen molar-refractivity contribution in [3.05, 3.63) is 0 Å². The average Bonchev–Trinajstić information content (AvgIpc) is 2.44. The molecule has 24 heavy (non-hydrogen) atoms. The number of halogens is 1. The van der Waals surface area contributed by atoms with Crippen LogP contribution in [0.1, 0.15) is 39.5 Å². The molecule has 0 bridgehead atoms. The molecule has 0 aromatic carbocycles. The minimum atomic E-state index is -3.03. The van der Waals surface area contributed by atoms with E-state index in [0.717, 1.165) is 25.5 Å². The van der Waals surface area contributed by atoms with Gasteiger partial charge in [-0.2, -0.15) is 0 Å². The van der Waals surface area contributed by atoms with Crippen molar-refractivity contribution < 1.29 is 13.2 Å². The van der Waals surface area contributed by atoms with Crippen LogP contribution in [0.5, 0.6) is 0 Å². The van der Waals surface area contributed by atoms with Crippen molar-refractivity contribution in [1.29, 1.82) is 0 Å². The molecule has 2 fully saturated rings. The van der Waals surface area contributed by atoms with Gasteiger partial charge in [-0.1, -0.05) is 6.42 Å². The van der Waals surface area contributed by atoms with Gasteiger partial charge in [0.25, 0.3) is 0 Å². The number of methoxy groups -OCH3 is 1. The van der Waals surface area contributed by atoms with Crippen molar-refractivity contribution in [2.45, 2.75) is 44.3 Å². The summed E-state index contributed by atoms with van der Waals surface area (Å²) < 4.78 is 28.8. The maximum absolute atomic E-state index is 12.1. The number of sulfone groups is 1. The third-order valence-corrected chi connectivity index (χ3v) is 7.96. The van der Waals surface area contributed by atoms with Crippen LogP contribution >= 0.6 is 24.0 Å². The Morgan fingerprint density at radius 2 is 2.00 bits per heavy atom. The van der Waals surface area contributed by atoms with Crippen molar-refractivity contribution in [3.8, 4) is 0 Å². The molecule has 0 atom stereocenters. The van der Waals surface area contributed by atoms with E-state index in [-0.39, 0.29) is 29.7 Å². The Labute approximate surface area is 163 Å². The van der Waals surface area contributed by atoms with E-state index in [0.29, 0.717) is 18.5 Å². The highest BCUT2D eigenvalue weighted by atomic mass is 127. The topological polar surface area (TPSA) is 71.0 Å². The Balaban J connectivity index is 0.00000288. The highest BCUT2D eigenvalue weighted by Gasteiger charge is 2.42. The van der Waals surface area contributed by atoms with Crippen molar-refractivity contribution in [1.82, 2.24) is 10.2 Å². The molecular formula is C16H32IN3O3S. The summed E-state index contributed by atoms with van der Waals surface area (Å²) in [5.41, 5.74) is 0.309. The predicted octanol–water partition coefficient (Wildman–Crippen LogP) is 1.90. The normalized spacial score (nSPS) is 24.7. The number of nitrogens with one attached hydrogen (secondary N) is 1. The Hall–Kier alpha value is -0.0900. The third kappa shape index (κ3) is 4.75. The Morgan fingerprint density at radius 1 is 1.33 bits per heavy atom. The van der Waals surface area contributed by atoms with E-state index in [1.807, 2.05) is 0 Å². The van der Waals surface area contributed by atoms with Crippen LogP contribution in [0.15, 0.2) is 4.99 Å². The van der Waals surface area contributed by atoms with Crippen LogP contribution in [0.25, 0.3) is 0 Å². The molecule has 1 heterocycles. The lowest BCUT2D eigenvalue weighted by Crippen LogP contribution is -2.58. The van der Waals surface area contributed by atoms with Crippen molar-refractivity contribution in [2.24, 2.45) is 10.4 Å². The van der Waals surface area contributed by atoms with Gasteiger partial charge < -0.3 is 15.0 Å². The van der Waals surface area contributed by atoms with E-state index >= 15 is 0 Å². The fourth-order valence-electron chi connectivity index (χ4n) is 3.43. The van der Waals surface area contributed by atoms with E-state index in [1.54, 1.807) is 28.0 Å². The van der Waals surface area contributed by atoms with E-state index in [2.05, 4.69) is 15.2 Å². The second-order valence-electron chi connectivity index (χ2n) is 7.50. The van der Waals surface area contributed by atoms with Crippen LogP contribution in [0.2, 0.25) is 0 Å². The van der Waals surface area contributed by atoms with E-state index in [4.69, 9.17) is 4.74 Å². The molecule has 2 aliphatic rings. The summed E-state index contributed by atoms with van der Waals surface area (Å²) in [6.07, 6.45) is 4.78. The quantitative estimate of drug-likeness (QED) is 0.375. The van der Waals surface area contributed by atoms with Gasteiger partial charge in [0, 0.05) is 40.4 Å². The van der Waals surface area contributed by atoms with Gasteiger partial charge in [0.15, 0.2) is 15.8 Å². The summed E-state index contributed by atoms with van der Waals surface area (Å²) in [5, 5.41) is 3.48. The molecule has 1 saturated carbocycles. The molecule has 8 heteroatoms. The monoisotopic (exact) mass is 473 g/mol. The SMILES string of the molecule is CN=C(NCC1(CCOC)CCC1)N1CCS(=O)(=O)C(C)(C)C1.I. The molecule has 0 amide bonds. The molecule has 0 unspecified atom stereocenters. The first-order chi connectivity index (χ1) is 10.8.